The third-order valence-corrected chi connectivity index (χ3v) is 2.52. The van der Waals surface area contributed by atoms with E-state index in [2.05, 4.69) is 21.0 Å². The van der Waals surface area contributed by atoms with Crippen LogP contribution in [0, 0.1) is 11.3 Å². The van der Waals surface area contributed by atoms with Gasteiger partial charge in [0.15, 0.2) is 5.82 Å². The van der Waals surface area contributed by atoms with E-state index in [1.165, 1.54) is 14.2 Å². The average molecular weight is 256 g/mol. The molecule has 0 bridgehead atoms. The normalized spacial score (nSPS) is 10.4. The third kappa shape index (κ3) is 2.40. The molecule has 0 aliphatic rings. The van der Waals surface area contributed by atoms with Gasteiger partial charge in [-0.05, 0) is 18.2 Å². The van der Waals surface area contributed by atoms with Crippen molar-refractivity contribution in [2.45, 2.75) is 0 Å². The maximum atomic E-state index is 9.25. The first-order valence-electron chi connectivity index (χ1n) is 5.49. The molecule has 6 nitrogen and oxygen atoms in total. The number of pyridine rings is 1. The molecule has 0 amide bonds. The van der Waals surface area contributed by atoms with E-state index in [-0.39, 0.29) is 0 Å². The fraction of sp³-hybridized carbons (Fsp3) is 0.154. The second kappa shape index (κ2) is 5.69. The van der Waals surface area contributed by atoms with Gasteiger partial charge in [-0.25, -0.2) is 4.98 Å². The van der Waals surface area contributed by atoms with Gasteiger partial charge in [0.05, 0.1) is 19.0 Å². The number of hydrogen-bond donors (Lipinski definition) is 0. The van der Waals surface area contributed by atoms with E-state index in [0.717, 1.165) is 5.69 Å². The monoisotopic (exact) mass is 256 g/mol. The molecule has 6 heteroatoms. The topological polar surface area (TPSA) is 72.4 Å². The second-order valence-electron chi connectivity index (χ2n) is 3.54. The van der Waals surface area contributed by atoms with Crippen LogP contribution in [-0.2, 0) is 4.84 Å². The standard InChI is InChI=1S/C13H12N4O2/c1-18-12-5-6-15-13(11(12)8-14)17-7-3-4-10(17)9-16-19-2/h3-7,9H,1-2H3/b16-9+. The van der Waals surface area contributed by atoms with E-state index in [4.69, 9.17) is 4.74 Å². The first-order valence-corrected chi connectivity index (χ1v) is 5.49. The smallest absolute Gasteiger partial charge is 0.158 e. The van der Waals surface area contributed by atoms with Crippen molar-refractivity contribution in [3.8, 4) is 17.6 Å². The Labute approximate surface area is 110 Å². The fourth-order valence-corrected chi connectivity index (χ4v) is 1.69. The van der Waals surface area contributed by atoms with E-state index < -0.39 is 0 Å². The summed E-state index contributed by atoms with van der Waals surface area (Å²) in [6, 6.07) is 7.42. The molecule has 0 atom stereocenters. The lowest BCUT2D eigenvalue weighted by Crippen LogP contribution is -2.05. The van der Waals surface area contributed by atoms with E-state index in [1.807, 2.05) is 12.1 Å². The molecule has 0 radical (unpaired) electrons. The van der Waals surface area contributed by atoms with Gasteiger partial charge in [-0.1, -0.05) is 5.16 Å². The van der Waals surface area contributed by atoms with Gasteiger partial charge in [0.1, 0.15) is 24.5 Å². The highest BCUT2D eigenvalue weighted by atomic mass is 16.6. The van der Waals surface area contributed by atoms with Crippen molar-refractivity contribution in [1.29, 1.82) is 5.26 Å². The SMILES string of the molecule is CO/N=C/c1cccn1-c1nccc(OC)c1C#N. The molecule has 0 saturated heterocycles. The number of nitriles is 1. The molecule has 96 valence electrons. The van der Waals surface area contributed by atoms with Crippen molar-refractivity contribution in [3.05, 3.63) is 41.9 Å². The molecule has 0 aromatic carbocycles. The zero-order valence-electron chi connectivity index (χ0n) is 10.6. The molecule has 2 aromatic rings. The van der Waals surface area contributed by atoms with E-state index in [1.54, 1.807) is 29.2 Å². The minimum atomic E-state index is 0.369. The molecule has 0 spiro atoms. The minimum absolute atomic E-state index is 0.369. The lowest BCUT2D eigenvalue weighted by atomic mass is 10.2. The summed E-state index contributed by atoms with van der Waals surface area (Å²) < 4.78 is 6.90. The lowest BCUT2D eigenvalue weighted by Gasteiger charge is -2.09. The summed E-state index contributed by atoms with van der Waals surface area (Å²) >= 11 is 0. The highest BCUT2D eigenvalue weighted by Crippen LogP contribution is 2.23. The molecule has 19 heavy (non-hydrogen) atoms. The van der Waals surface area contributed by atoms with Gasteiger partial charge in [0.2, 0.25) is 0 Å². The molecule has 0 N–H and O–H groups in total. The summed E-state index contributed by atoms with van der Waals surface area (Å²) in [7, 11) is 2.98. The molecular weight excluding hydrogens is 244 g/mol. The van der Waals surface area contributed by atoms with Crippen LogP contribution in [0.15, 0.2) is 35.7 Å². The van der Waals surface area contributed by atoms with Crippen molar-refractivity contribution < 1.29 is 9.57 Å². The Bertz CT molecular complexity index is 640. The van der Waals surface area contributed by atoms with Crippen LogP contribution < -0.4 is 4.74 Å². The highest BCUT2D eigenvalue weighted by Gasteiger charge is 2.13. The van der Waals surface area contributed by atoms with Crippen molar-refractivity contribution in [3.63, 3.8) is 0 Å². The summed E-state index contributed by atoms with van der Waals surface area (Å²) in [5.41, 5.74) is 1.12. The Hall–Kier alpha value is -2.81. The maximum absolute atomic E-state index is 9.25. The van der Waals surface area contributed by atoms with Crippen LogP contribution >= 0.6 is 0 Å². The van der Waals surface area contributed by atoms with E-state index in [0.29, 0.717) is 17.1 Å². The van der Waals surface area contributed by atoms with Gasteiger partial charge in [-0.15, -0.1) is 0 Å². The Balaban J connectivity index is 2.57. The van der Waals surface area contributed by atoms with Gasteiger partial charge in [-0.3, -0.25) is 4.57 Å². The van der Waals surface area contributed by atoms with Crippen LogP contribution in [0.2, 0.25) is 0 Å². The Morgan fingerprint density at radius 3 is 2.95 bits per heavy atom. The second-order valence-corrected chi connectivity index (χ2v) is 3.54. The minimum Gasteiger partial charge on any atom is -0.495 e. The molecule has 2 aromatic heterocycles. The Morgan fingerprint density at radius 2 is 2.26 bits per heavy atom. The van der Waals surface area contributed by atoms with Crippen LogP contribution in [0.5, 0.6) is 5.75 Å². The van der Waals surface area contributed by atoms with Gasteiger partial charge in [-0.2, -0.15) is 5.26 Å². The predicted molar refractivity (Wildman–Crippen MR) is 69.4 cm³/mol. The summed E-state index contributed by atoms with van der Waals surface area (Å²) in [6.45, 7) is 0. The van der Waals surface area contributed by atoms with Crippen LogP contribution in [0.25, 0.3) is 5.82 Å². The molecule has 2 heterocycles. The van der Waals surface area contributed by atoms with Crippen LogP contribution in [0.1, 0.15) is 11.3 Å². The van der Waals surface area contributed by atoms with Crippen LogP contribution in [0.3, 0.4) is 0 Å². The largest absolute Gasteiger partial charge is 0.495 e. The van der Waals surface area contributed by atoms with Crippen molar-refractivity contribution in [2.75, 3.05) is 14.2 Å². The van der Waals surface area contributed by atoms with E-state index in [9.17, 15) is 5.26 Å². The number of methoxy groups -OCH3 is 1. The van der Waals surface area contributed by atoms with Crippen LogP contribution in [-0.4, -0.2) is 30.0 Å². The van der Waals surface area contributed by atoms with Gasteiger partial charge in [0, 0.05) is 12.4 Å². The lowest BCUT2D eigenvalue weighted by molar-refractivity contribution is 0.215. The van der Waals surface area contributed by atoms with Gasteiger partial charge >= 0.3 is 0 Å². The first-order chi connectivity index (χ1) is 9.31. The number of oxime groups is 1. The number of aromatic nitrogens is 2. The average Bonchev–Trinajstić information content (AvgIpc) is 2.92. The van der Waals surface area contributed by atoms with Crippen molar-refractivity contribution in [1.82, 2.24) is 9.55 Å². The molecule has 0 unspecified atom stereocenters. The summed E-state index contributed by atoms with van der Waals surface area (Å²) in [6.07, 6.45) is 4.92. The molecular formula is C13H12N4O2. The molecule has 0 aliphatic carbocycles. The maximum Gasteiger partial charge on any atom is 0.158 e. The number of ether oxygens (including phenoxy) is 1. The van der Waals surface area contributed by atoms with Crippen molar-refractivity contribution in [2.24, 2.45) is 5.16 Å². The number of nitrogens with zero attached hydrogens (tertiary/aromatic N) is 4. The Kier molecular flexibility index (Phi) is 3.78. The van der Waals surface area contributed by atoms with Crippen molar-refractivity contribution >= 4 is 6.21 Å². The molecule has 0 aliphatic heterocycles. The van der Waals surface area contributed by atoms with Crippen LogP contribution in [0.4, 0.5) is 0 Å². The van der Waals surface area contributed by atoms with Gasteiger partial charge in [0.25, 0.3) is 0 Å². The number of rotatable bonds is 4. The highest BCUT2D eigenvalue weighted by molar-refractivity contribution is 5.78. The third-order valence-electron chi connectivity index (χ3n) is 2.52. The quantitative estimate of drug-likeness (QED) is 0.617. The summed E-state index contributed by atoms with van der Waals surface area (Å²) in [4.78, 5) is 8.88. The molecule has 2 rings (SSSR count). The Morgan fingerprint density at radius 1 is 1.42 bits per heavy atom. The van der Waals surface area contributed by atoms with Gasteiger partial charge < -0.3 is 9.57 Å². The number of hydrogen-bond acceptors (Lipinski definition) is 5. The molecule has 0 saturated carbocycles. The molecule has 0 fully saturated rings. The van der Waals surface area contributed by atoms with E-state index >= 15 is 0 Å². The first kappa shape index (κ1) is 12.6. The zero-order chi connectivity index (χ0) is 13.7. The summed E-state index contributed by atoms with van der Waals surface area (Å²) in [5, 5.41) is 13.0. The fourth-order valence-electron chi connectivity index (χ4n) is 1.69. The zero-order valence-corrected chi connectivity index (χ0v) is 10.6. The summed E-state index contributed by atoms with van der Waals surface area (Å²) in [5.74, 6) is 0.972. The predicted octanol–water partition coefficient (Wildman–Crippen LogP) is 1.73.